The summed E-state index contributed by atoms with van der Waals surface area (Å²) in [6.07, 6.45) is 4.85. The van der Waals surface area contributed by atoms with Gasteiger partial charge in [-0.25, -0.2) is 4.98 Å². The van der Waals surface area contributed by atoms with Gasteiger partial charge in [0.2, 0.25) is 5.95 Å². The number of pyridine rings is 1. The maximum absolute atomic E-state index is 10.9. The van der Waals surface area contributed by atoms with Crippen molar-refractivity contribution in [1.29, 1.82) is 0 Å². The molecule has 1 saturated heterocycles. The van der Waals surface area contributed by atoms with E-state index < -0.39 is 5.60 Å². The molecule has 0 radical (unpaired) electrons. The molecule has 27 heavy (non-hydrogen) atoms. The summed E-state index contributed by atoms with van der Waals surface area (Å²) in [5.74, 6) is 1.53. The molecule has 1 saturated carbocycles. The zero-order valence-electron chi connectivity index (χ0n) is 15.0. The number of anilines is 2. The lowest BCUT2D eigenvalue weighted by atomic mass is 9.78. The largest absolute Gasteiger partial charge is 0.383 e. The standard InChI is InChI=1S/C18H24N6O.2ClH/c19-13-9-12(10-13)14-11-16(23-17(20)22-14)24-7-4-18(25,5-8-24)15-3-1-2-6-21-15;;/h1-3,6,11-13,25H,4-5,7-10,19H2,(H2,20,22,23);2*1H. The molecule has 0 spiro atoms. The molecule has 1 aliphatic heterocycles. The van der Waals surface area contributed by atoms with E-state index in [4.69, 9.17) is 11.5 Å². The molecule has 0 aromatic carbocycles. The predicted molar refractivity (Wildman–Crippen MR) is 110 cm³/mol. The van der Waals surface area contributed by atoms with Crippen LogP contribution in [0.2, 0.25) is 0 Å². The van der Waals surface area contributed by atoms with Crippen LogP contribution in [0.1, 0.15) is 43.0 Å². The van der Waals surface area contributed by atoms with E-state index in [1.165, 1.54) is 0 Å². The number of aromatic nitrogens is 3. The Balaban J connectivity index is 0.00000131. The average molecular weight is 413 g/mol. The lowest BCUT2D eigenvalue weighted by Crippen LogP contribution is -2.43. The third-order valence-corrected chi connectivity index (χ3v) is 5.40. The highest BCUT2D eigenvalue weighted by Crippen LogP contribution is 2.37. The molecular formula is C18H26Cl2N6O. The number of aliphatic hydroxyl groups is 1. The van der Waals surface area contributed by atoms with Crippen molar-refractivity contribution < 1.29 is 5.11 Å². The summed E-state index contributed by atoms with van der Waals surface area (Å²) >= 11 is 0. The summed E-state index contributed by atoms with van der Waals surface area (Å²) in [5, 5.41) is 10.9. The van der Waals surface area contributed by atoms with Crippen molar-refractivity contribution in [3.8, 4) is 0 Å². The summed E-state index contributed by atoms with van der Waals surface area (Å²) in [5.41, 5.74) is 12.7. The van der Waals surface area contributed by atoms with Crippen molar-refractivity contribution in [3.05, 3.63) is 41.9 Å². The highest BCUT2D eigenvalue weighted by atomic mass is 35.5. The van der Waals surface area contributed by atoms with Crippen molar-refractivity contribution in [2.75, 3.05) is 23.7 Å². The molecule has 0 amide bonds. The molecule has 4 rings (SSSR count). The van der Waals surface area contributed by atoms with Crippen LogP contribution in [0.3, 0.4) is 0 Å². The lowest BCUT2D eigenvalue weighted by Gasteiger charge is -2.39. The van der Waals surface area contributed by atoms with Gasteiger partial charge in [0, 0.05) is 37.3 Å². The van der Waals surface area contributed by atoms with Gasteiger partial charge in [0.1, 0.15) is 11.4 Å². The van der Waals surface area contributed by atoms with Crippen LogP contribution in [0.5, 0.6) is 0 Å². The van der Waals surface area contributed by atoms with Gasteiger partial charge in [0.25, 0.3) is 0 Å². The molecule has 0 unspecified atom stereocenters. The summed E-state index contributed by atoms with van der Waals surface area (Å²) < 4.78 is 0. The number of rotatable bonds is 3. The van der Waals surface area contributed by atoms with Gasteiger partial charge >= 0.3 is 0 Å². The van der Waals surface area contributed by atoms with Gasteiger partial charge in [-0.05, 0) is 37.8 Å². The first-order valence-electron chi connectivity index (χ1n) is 8.82. The van der Waals surface area contributed by atoms with Gasteiger partial charge in [-0.1, -0.05) is 6.07 Å². The fraction of sp³-hybridized carbons (Fsp3) is 0.500. The number of nitrogens with zero attached hydrogens (tertiary/aromatic N) is 4. The third kappa shape index (κ3) is 4.43. The van der Waals surface area contributed by atoms with E-state index in [0.717, 1.165) is 30.0 Å². The molecule has 2 aliphatic rings. The first kappa shape index (κ1) is 21.6. The van der Waals surface area contributed by atoms with Crippen LogP contribution in [0.4, 0.5) is 11.8 Å². The summed E-state index contributed by atoms with van der Waals surface area (Å²) in [6, 6.07) is 7.95. The maximum atomic E-state index is 10.9. The van der Waals surface area contributed by atoms with Crippen LogP contribution in [0.25, 0.3) is 0 Å². The molecule has 2 fully saturated rings. The van der Waals surface area contributed by atoms with Crippen molar-refractivity contribution in [1.82, 2.24) is 15.0 Å². The van der Waals surface area contributed by atoms with Crippen LogP contribution in [-0.4, -0.2) is 39.2 Å². The summed E-state index contributed by atoms with van der Waals surface area (Å²) in [7, 11) is 0. The molecule has 5 N–H and O–H groups in total. The van der Waals surface area contributed by atoms with E-state index in [0.29, 0.717) is 37.8 Å². The molecule has 0 atom stereocenters. The fourth-order valence-corrected chi connectivity index (χ4v) is 3.75. The molecule has 7 nitrogen and oxygen atoms in total. The fourth-order valence-electron chi connectivity index (χ4n) is 3.75. The predicted octanol–water partition coefficient (Wildman–Crippen LogP) is 1.99. The van der Waals surface area contributed by atoms with E-state index in [9.17, 15) is 5.11 Å². The topological polar surface area (TPSA) is 114 Å². The van der Waals surface area contributed by atoms with E-state index in [1.807, 2.05) is 24.3 Å². The van der Waals surface area contributed by atoms with Gasteiger partial charge in [-0.3, -0.25) is 4.98 Å². The van der Waals surface area contributed by atoms with Gasteiger partial charge in [0.05, 0.1) is 11.4 Å². The van der Waals surface area contributed by atoms with E-state index in [-0.39, 0.29) is 30.9 Å². The highest BCUT2D eigenvalue weighted by molar-refractivity contribution is 5.85. The highest BCUT2D eigenvalue weighted by Gasteiger charge is 2.36. The van der Waals surface area contributed by atoms with E-state index in [1.54, 1.807) is 6.20 Å². The Labute approximate surface area is 171 Å². The van der Waals surface area contributed by atoms with Crippen molar-refractivity contribution >= 4 is 36.6 Å². The Morgan fingerprint density at radius 3 is 2.41 bits per heavy atom. The van der Waals surface area contributed by atoms with Gasteiger partial charge in [0.15, 0.2) is 0 Å². The van der Waals surface area contributed by atoms with Crippen LogP contribution < -0.4 is 16.4 Å². The van der Waals surface area contributed by atoms with E-state index in [2.05, 4.69) is 19.9 Å². The molecule has 2 aromatic heterocycles. The molecule has 9 heteroatoms. The van der Waals surface area contributed by atoms with Crippen molar-refractivity contribution in [3.63, 3.8) is 0 Å². The number of nitrogen functional groups attached to an aromatic ring is 1. The van der Waals surface area contributed by atoms with Gasteiger partial charge in [-0.2, -0.15) is 4.98 Å². The van der Waals surface area contributed by atoms with Crippen LogP contribution in [0, 0.1) is 0 Å². The Morgan fingerprint density at radius 1 is 1.11 bits per heavy atom. The Morgan fingerprint density at radius 2 is 1.81 bits per heavy atom. The van der Waals surface area contributed by atoms with Crippen molar-refractivity contribution in [2.24, 2.45) is 5.73 Å². The third-order valence-electron chi connectivity index (χ3n) is 5.40. The van der Waals surface area contributed by atoms with Crippen LogP contribution in [-0.2, 0) is 5.60 Å². The zero-order chi connectivity index (χ0) is 17.4. The number of nitrogens with two attached hydrogens (primary N) is 2. The quantitative estimate of drug-likeness (QED) is 0.705. The number of halogens is 2. The smallest absolute Gasteiger partial charge is 0.222 e. The average Bonchev–Trinajstić information content (AvgIpc) is 2.60. The molecule has 0 bridgehead atoms. The Hall–Kier alpha value is -1.67. The first-order chi connectivity index (χ1) is 12.0. The first-order valence-corrected chi connectivity index (χ1v) is 8.82. The Kier molecular flexibility index (Phi) is 6.86. The lowest BCUT2D eigenvalue weighted by molar-refractivity contribution is 0.00750. The van der Waals surface area contributed by atoms with Gasteiger partial charge in [-0.15, -0.1) is 24.8 Å². The Bertz CT molecular complexity index is 749. The van der Waals surface area contributed by atoms with Gasteiger partial charge < -0.3 is 21.5 Å². The second-order valence-electron chi connectivity index (χ2n) is 7.17. The van der Waals surface area contributed by atoms with Crippen molar-refractivity contribution in [2.45, 2.75) is 43.2 Å². The molecule has 1 aliphatic carbocycles. The monoisotopic (exact) mass is 412 g/mol. The summed E-state index contributed by atoms with van der Waals surface area (Å²) in [4.78, 5) is 15.3. The van der Waals surface area contributed by atoms with Crippen LogP contribution >= 0.6 is 24.8 Å². The van der Waals surface area contributed by atoms with E-state index >= 15 is 0 Å². The number of hydrogen-bond acceptors (Lipinski definition) is 7. The molecule has 2 aromatic rings. The molecule has 3 heterocycles. The number of piperidine rings is 1. The SMILES string of the molecule is Cl.Cl.Nc1nc(C2CC(N)C2)cc(N2CCC(O)(c3ccccn3)CC2)n1. The molecular weight excluding hydrogens is 387 g/mol. The second kappa shape index (κ2) is 8.56. The zero-order valence-corrected chi connectivity index (χ0v) is 16.6. The normalized spacial score (nSPS) is 23.6. The maximum Gasteiger partial charge on any atom is 0.222 e. The summed E-state index contributed by atoms with van der Waals surface area (Å²) in [6.45, 7) is 1.40. The van der Waals surface area contributed by atoms with Crippen LogP contribution in [0.15, 0.2) is 30.5 Å². The molecule has 148 valence electrons. The second-order valence-corrected chi connectivity index (χ2v) is 7.17. The minimum Gasteiger partial charge on any atom is -0.383 e. The minimum absolute atomic E-state index is 0. The number of hydrogen-bond donors (Lipinski definition) is 3. The minimum atomic E-state index is -0.875.